The molecular weight excluding hydrogens is 365 g/mol. The molecule has 2 heteroatoms. The zero-order valence-corrected chi connectivity index (χ0v) is 16.8. The van der Waals surface area contributed by atoms with Crippen LogP contribution in [0.4, 0.5) is 0 Å². The van der Waals surface area contributed by atoms with Crippen molar-refractivity contribution >= 4 is 26.4 Å². The van der Waals surface area contributed by atoms with E-state index in [9.17, 15) is 0 Å². The van der Waals surface area contributed by atoms with Crippen molar-refractivity contribution in [3.8, 4) is 0 Å². The molecule has 25 heavy (non-hydrogen) atoms. The van der Waals surface area contributed by atoms with E-state index >= 15 is 0 Å². The van der Waals surface area contributed by atoms with E-state index in [4.69, 9.17) is 3.86 Å². The van der Waals surface area contributed by atoms with Crippen molar-refractivity contribution < 1.29 is 0 Å². The molecule has 0 radical (unpaired) electrons. The summed E-state index contributed by atoms with van der Waals surface area (Å²) in [6, 6.07) is 32.8. The molecule has 0 aromatic heterocycles. The van der Waals surface area contributed by atoms with Gasteiger partial charge < -0.3 is 0 Å². The zero-order chi connectivity index (χ0) is 17.4. The average Bonchev–Trinajstić information content (AvgIpc) is 2.70. The summed E-state index contributed by atoms with van der Waals surface area (Å²) in [6.45, 7) is 3.19. The van der Waals surface area contributed by atoms with Crippen LogP contribution < -0.4 is 13.1 Å². The molecule has 0 bridgehead atoms. The molecule has 0 aliphatic heterocycles. The molecule has 0 unspecified atom stereocenters. The maximum atomic E-state index is 5.48. The van der Waals surface area contributed by atoms with Crippen LogP contribution in [-0.2, 0) is 0 Å². The summed E-state index contributed by atoms with van der Waals surface area (Å²) >= 11 is -2.80. The first-order chi connectivity index (χ1) is 12.4. The number of rotatable bonds is 7. The van der Waals surface area contributed by atoms with Crippen LogP contribution in [-0.4, -0.2) is 19.9 Å². The third-order valence-corrected chi connectivity index (χ3v) is 12.4. The molecule has 0 aliphatic rings. The van der Waals surface area contributed by atoms with E-state index in [1.54, 1.807) is 0 Å². The summed E-state index contributed by atoms with van der Waals surface area (Å²) in [4.78, 5) is 0. The van der Waals surface area contributed by atoms with Crippen LogP contribution in [0.25, 0.3) is 0 Å². The Bertz CT molecular complexity index is 707. The fraction of sp³-hybridized carbons (Fsp3) is 0.217. The Morgan fingerprint density at radius 1 is 0.600 bits per heavy atom. The number of hydrogen-bond donors (Lipinski definition) is 0. The molecule has 0 fully saturated rings. The predicted molar refractivity (Wildman–Crippen MR) is 111 cm³/mol. The molecule has 0 spiro atoms. The van der Waals surface area contributed by atoms with E-state index < -0.39 is 13.4 Å². The van der Waals surface area contributed by atoms with Gasteiger partial charge in [0, 0.05) is 0 Å². The van der Waals surface area contributed by atoms with E-state index in [1.807, 2.05) is 0 Å². The Morgan fingerprint density at radius 2 is 1.00 bits per heavy atom. The molecule has 0 saturated heterocycles. The van der Waals surface area contributed by atoms with Gasteiger partial charge in [0.25, 0.3) is 0 Å². The van der Waals surface area contributed by atoms with Crippen molar-refractivity contribution in [2.45, 2.75) is 26.2 Å². The Hall–Kier alpha value is -1.98. The molecule has 1 nitrogen and oxygen atoms in total. The van der Waals surface area contributed by atoms with Crippen molar-refractivity contribution in [1.29, 1.82) is 0 Å². The van der Waals surface area contributed by atoms with Gasteiger partial charge in [-0.2, -0.15) is 0 Å². The molecule has 0 atom stereocenters. The summed E-state index contributed by atoms with van der Waals surface area (Å²) in [7, 11) is 0. The van der Waals surface area contributed by atoms with E-state index in [0.717, 1.165) is 6.54 Å². The van der Waals surface area contributed by atoms with E-state index in [0.29, 0.717) is 0 Å². The van der Waals surface area contributed by atoms with Gasteiger partial charge in [-0.25, -0.2) is 0 Å². The normalized spacial score (nSPS) is 11.2. The molecule has 0 N–H and O–H groups in total. The van der Waals surface area contributed by atoms with Crippen LogP contribution in [0.2, 0.25) is 0 Å². The van der Waals surface area contributed by atoms with E-state index in [1.165, 1.54) is 32.3 Å². The molecule has 0 saturated carbocycles. The number of hydrogen-bond acceptors (Lipinski definition) is 1. The monoisotopic (exact) mass is 391 g/mol. The minimum absolute atomic E-state index is 0.944. The van der Waals surface area contributed by atoms with Gasteiger partial charge in [-0.05, 0) is 0 Å². The van der Waals surface area contributed by atoms with Crippen molar-refractivity contribution in [2.75, 3.05) is 6.54 Å². The van der Waals surface area contributed by atoms with Gasteiger partial charge in [0.15, 0.2) is 0 Å². The van der Waals surface area contributed by atoms with Crippen LogP contribution in [0, 0.1) is 0 Å². The Labute approximate surface area is 154 Å². The van der Waals surface area contributed by atoms with Gasteiger partial charge in [-0.15, -0.1) is 0 Å². The molecular formula is C23H26AsN. The first-order valence-electron chi connectivity index (χ1n) is 9.13. The SMILES string of the molecule is CCCCCN=[As](c1ccccc1)(c1ccccc1)c1ccccc1. The number of nitrogens with zero attached hydrogens (tertiary/aromatic N) is 1. The minimum atomic E-state index is -2.80. The van der Waals surface area contributed by atoms with Crippen molar-refractivity contribution in [3.63, 3.8) is 0 Å². The third-order valence-electron chi connectivity index (χ3n) is 4.46. The van der Waals surface area contributed by atoms with Gasteiger partial charge in [-0.3, -0.25) is 0 Å². The number of benzene rings is 3. The summed E-state index contributed by atoms with van der Waals surface area (Å²) < 4.78 is 9.67. The van der Waals surface area contributed by atoms with Crippen molar-refractivity contribution in [2.24, 2.45) is 3.86 Å². The second-order valence-corrected chi connectivity index (χ2v) is 12.7. The number of unbranched alkanes of at least 4 members (excludes halogenated alkanes) is 2. The van der Waals surface area contributed by atoms with Crippen LogP contribution in [0.5, 0.6) is 0 Å². The van der Waals surface area contributed by atoms with Crippen LogP contribution in [0.3, 0.4) is 0 Å². The van der Waals surface area contributed by atoms with Gasteiger partial charge in [-0.1, -0.05) is 0 Å². The standard InChI is InChI=1S/C23H26AsN/c1-2-3-13-20-25-24(21-14-7-4-8-15-21,22-16-9-5-10-17-22)23-18-11-6-12-19-23/h4-12,14-19H,2-3,13,20H2,1H3. The molecule has 128 valence electrons. The summed E-state index contributed by atoms with van der Waals surface area (Å²) in [6.07, 6.45) is 3.65. The van der Waals surface area contributed by atoms with Crippen molar-refractivity contribution in [3.05, 3.63) is 91.0 Å². The van der Waals surface area contributed by atoms with E-state index in [2.05, 4.69) is 97.9 Å². The molecule has 3 aromatic rings. The molecule has 0 heterocycles. The van der Waals surface area contributed by atoms with Gasteiger partial charge in [0.1, 0.15) is 0 Å². The van der Waals surface area contributed by atoms with Crippen LogP contribution in [0.15, 0.2) is 94.9 Å². The molecule has 0 amide bonds. The second kappa shape index (κ2) is 8.92. The Balaban J connectivity index is 2.24. The summed E-state index contributed by atoms with van der Waals surface area (Å²) in [5, 5.41) is 0. The summed E-state index contributed by atoms with van der Waals surface area (Å²) in [5.74, 6) is 0. The van der Waals surface area contributed by atoms with E-state index in [-0.39, 0.29) is 0 Å². The van der Waals surface area contributed by atoms with Crippen LogP contribution >= 0.6 is 0 Å². The van der Waals surface area contributed by atoms with Crippen molar-refractivity contribution in [1.82, 2.24) is 0 Å². The van der Waals surface area contributed by atoms with Gasteiger partial charge >= 0.3 is 154 Å². The second-order valence-electron chi connectivity index (χ2n) is 6.21. The fourth-order valence-electron chi connectivity index (χ4n) is 3.21. The first-order valence-corrected chi connectivity index (χ1v) is 12.8. The predicted octanol–water partition coefficient (Wildman–Crippen LogP) is 4.11. The van der Waals surface area contributed by atoms with Gasteiger partial charge in [0.2, 0.25) is 0 Å². The van der Waals surface area contributed by atoms with Crippen LogP contribution in [0.1, 0.15) is 26.2 Å². The third kappa shape index (κ3) is 3.99. The first kappa shape index (κ1) is 17.8. The Kier molecular flexibility index (Phi) is 6.36. The molecule has 0 aliphatic carbocycles. The quantitative estimate of drug-likeness (QED) is 0.425. The zero-order valence-electron chi connectivity index (χ0n) is 14.9. The van der Waals surface area contributed by atoms with Gasteiger partial charge in [0.05, 0.1) is 0 Å². The molecule has 3 aromatic carbocycles. The maximum absolute atomic E-state index is 5.48. The topological polar surface area (TPSA) is 12.4 Å². The fourth-order valence-corrected chi connectivity index (χ4v) is 10.8. The average molecular weight is 391 g/mol. The summed E-state index contributed by atoms with van der Waals surface area (Å²) in [5.41, 5.74) is 0. The Morgan fingerprint density at radius 3 is 1.36 bits per heavy atom. The molecule has 3 rings (SSSR count).